The van der Waals surface area contributed by atoms with E-state index < -0.39 is 0 Å². The number of nitrogens with zero attached hydrogens (tertiary/aromatic N) is 3. The largest absolute Gasteiger partial charge is 0.360 e. The molecule has 2 heterocycles. The Kier molecular flexibility index (Phi) is 6.66. The molecule has 0 spiro atoms. The van der Waals surface area contributed by atoms with Gasteiger partial charge in [-0.15, -0.1) is 11.8 Å². The van der Waals surface area contributed by atoms with Crippen molar-refractivity contribution in [3.63, 3.8) is 0 Å². The van der Waals surface area contributed by atoms with Gasteiger partial charge in [-0.3, -0.25) is 0 Å². The van der Waals surface area contributed by atoms with E-state index in [1.54, 1.807) is 18.0 Å². The second kappa shape index (κ2) is 9.38. The van der Waals surface area contributed by atoms with Gasteiger partial charge in [-0.1, -0.05) is 49.5 Å². The summed E-state index contributed by atoms with van der Waals surface area (Å²) in [5, 5.41) is 8.37. The molecule has 0 saturated carbocycles. The first-order valence-corrected chi connectivity index (χ1v) is 10.0. The van der Waals surface area contributed by atoms with E-state index in [2.05, 4.69) is 27.4 Å². The smallest absolute Gasteiger partial charge is 0.227 e. The zero-order valence-corrected chi connectivity index (χ0v) is 16.1. The monoisotopic (exact) mass is 368 g/mol. The van der Waals surface area contributed by atoms with Crippen LogP contribution in [-0.2, 0) is 0 Å². The minimum Gasteiger partial charge on any atom is -0.360 e. The number of thioether (sulfide) groups is 1. The fraction of sp³-hybridized carbons (Fsp3) is 0.350. The van der Waals surface area contributed by atoms with Crippen molar-refractivity contribution in [2.45, 2.75) is 44.6 Å². The summed E-state index contributed by atoms with van der Waals surface area (Å²) in [4.78, 5) is 8.97. The van der Waals surface area contributed by atoms with Gasteiger partial charge >= 0.3 is 0 Å². The molecule has 0 bridgehead atoms. The van der Waals surface area contributed by atoms with Crippen LogP contribution in [0.25, 0.3) is 11.3 Å². The number of nitrogens with one attached hydrogen (secondary N) is 1. The third kappa shape index (κ3) is 4.85. The predicted molar refractivity (Wildman–Crippen MR) is 107 cm³/mol. The number of aromatic nitrogens is 3. The van der Waals surface area contributed by atoms with E-state index in [4.69, 9.17) is 4.52 Å². The van der Waals surface area contributed by atoms with Crippen molar-refractivity contribution in [2.75, 3.05) is 11.1 Å². The quantitative estimate of drug-likeness (QED) is 0.377. The van der Waals surface area contributed by atoms with Crippen molar-refractivity contribution in [1.82, 2.24) is 15.1 Å². The molecule has 2 aromatic heterocycles. The molecule has 0 aliphatic rings. The van der Waals surface area contributed by atoms with Gasteiger partial charge in [-0.25, -0.2) is 9.97 Å². The maximum Gasteiger partial charge on any atom is 0.227 e. The van der Waals surface area contributed by atoms with E-state index in [-0.39, 0.29) is 0 Å². The molecule has 0 aliphatic carbocycles. The van der Waals surface area contributed by atoms with Crippen LogP contribution in [0.2, 0.25) is 0 Å². The number of benzene rings is 1. The minimum absolute atomic E-state index is 0.563. The van der Waals surface area contributed by atoms with Crippen LogP contribution in [0.15, 0.2) is 52.1 Å². The van der Waals surface area contributed by atoms with Gasteiger partial charge in [0.05, 0.1) is 11.3 Å². The highest BCUT2D eigenvalue weighted by Crippen LogP contribution is 2.33. The van der Waals surface area contributed by atoms with E-state index >= 15 is 0 Å². The first kappa shape index (κ1) is 18.5. The Balaban J connectivity index is 1.74. The third-order valence-corrected chi connectivity index (χ3v) is 5.05. The molecule has 0 atom stereocenters. The van der Waals surface area contributed by atoms with Crippen molar-refractivity contribution < 1.29 is 4.52 Å². The second-order valence-corrected chi connectivity index (χ2v) is 7.17. The maximum absolute atomic E-state index is 5.43. The predicted octanol–water partition coefficient (Wildman–Crippen LogP) is 5.86. The zero-order valence-electron chi connectivity index (χ0n) is 15.2. The number of aryl methyl sites for hydroxylation is 1. The molecule has 0 radical (unpaired) electrons. The summed E-state index contributed by atoms with van der Waals surface area (Å²) in [5.41, 5.74) is 2.74. The Hall–Kier alpha value is -2.34. The van der Waals surface area contributed by atoms with Crippen molar-refractivity contribution in [2.24, 2.45) is 0 Å². The van der Waals surface area contributed by atoms with Gasteiger partial charge in [0.2, 0.25) is 5.95 Å². The van der Waals surface area contributed by atoms with Crippen molar-refractivity contribution >= 4 is 23.4 Å². The standard InChI is InChI=1S/C20H24N4OS/c1-3-4-5-9-14-26-19-18(15(2)25-24-19)17-12-13-21-20(23-17)22-16-10-7-6-8-11-16/h6-8,10-13H,3-5,9,14H2,1-2H3,(H,21,22,23). The van der Waals surface area contributed by atoms with Gasteiger partial charge in [0, 0.05) is 11.9 Å². The average Bonchev–Trinajstić information content (AvgIpc) is 3.03. The summed E-state index contributed by atoms with van der Waals surface area (Å²) in [7, 11) is 0. The normalized spacial score (nSPS) is 10.8. The van der Waals surface area contributed by atoms with Crippen LogP contribution in [0.5, 0.6) is 0 Å². The summed E-state index contributed by atoms with van der Waals surface area (Å²) in [5.74, 6) is 2.39. The fourth-order valence-electron chi connectivity index (χ4n) is 2.65. The van der Waals surface area contributed by atoms with Gasteiger partial charge in [-0.05, 0) is 37.3 Å². The summed E-state index contributed by atoms with van der Waals surface area (Å²) < 4.78 is 5.43. The average molecular weight is 369 g/mol. The lowest BCUT2D eigenvalue weighted by Crippen LogP contribution is -1.98. The molecule has 26 heavy (non-hydrogen) atoms. The van der Waals surface area contributed by atoms with Gasteiger partial charge in [0.1, 0.15) is 10.8 Å². The molecule has 136 valence electrons. The highest BCUT2D eigenvalue weighted by Gasteiger charge is 2.17. The third-order valence-electron chi connectivity index (χ3n) is 4.01. The molecule has 0 saturated heterocycles. The Morgan fingerprint density at radius 3 is 2.73 bits per heavy atom. The number of hydrogen-bond acceptors (Lipinski definition) is 6. The van der Waals surface area contributed by atoms with Crippen LogP contribution in [0.1, 0.15) is 38.4 Å². The second-order valence-electron chi connectivity index (χ2n) is 6.08. The van der Waals surface area contributed by atoms with Gasteiger partial charge < -0.3 is 9.84 Å². The Labute approximate surface area is 158 Å². The number of anilines is 2. The van der Waals surface area contributed by atoms with E-state index in [0.29, 0.717) is 5.95 Å². The van der Waals surface area contributed by atoms with Crippen LogP contribution >= 0.6 is 11.8 Å². The summed E-state index contributed by atoms with van der Waals surface area (Å²) in [6.07, 6.45) is 6.74. The lowest BCUT2D eigenvalue weighted by molar-refractivity contribution is 0.384. The SMILES string of the molecule is CCCCCCSc1noc(C)c1-c1ccnc(Nc2ccccc2)n1. The first-order chi connectivity index (χ1) is 12.8. The van der Waals surface area contributed by atoms with E-state index in [9.17, 15) is 0 Å². The molecule has 0 amide bonds. The Bertz CT molecular complexity index is 820. The highest BCUT2D eigenvalue weighted by molar-refractivity contribution is 7.99. The van der Waals surface area contributed by atoms with E-state index in [1.807, 2.05) is 43.3 Å². The van der Waals surface area contributed by atoms with E-state index in [0.717, 1.165) is 33.5 Å². The zero-order chi connectivity index (χ0) is 18.2. The fourth-order valence-corrected chi connectivity index (χ4v) is 3.67. The summed E-state index contributed by atoms with van der Waals surface area (Å²) in [6, 6.07) is 11.8. The lowest BCUT2D eigenvalue weighted by atomic mass is 10.2. The highest BCUT2D eigenvalue weighted by atomic mass is 32.2. The van der Waals surface area contributed by atoms with Crippen LogP contribution < -0.4 is 5.32 Å². The molecular weight excluding hydrogens is 344 g/mol. The molecule has 0 unspecified atom stereocenters. The van der Waals surface area contributed by atoms with Crippen LogP contribution in [0.4, 0.5) is 11.6 Å². The van der Waals surface area contributed by atoms with Crippen LogP contribution in [-0.4, -0.2) is 20.9 Å². The maximum atomic E-state index is 5.43. The molecule has 1 N–H and O–H groups in total. The number of para-hydroxylation sites is 1. The summed E-state index contributed by atoms with van der Waals surface area (Å²) >= 11 is 1.74. The molecule has 3 rings (SSSR count). The van der Waals surface area contributed by atoms with Crippen molar-refractivity contribution in [3.05, 3.63) is 48.4 Å². The van der Waals surface area contributed by atoms with Crippen LogP contribution in [0, 0.1) is 6.92 Å². The molecule has 0 fully saturated rings. The Morgan fingerprint density at radius 2 is 1.92 bits per heavy atom. The van der Waals surface area contributed by atoms with Gasteiger partial charge in [0.15, 0.2) is 0 Å². The number of hydrogen-bond donors (Lipinski definition) is 1. The van der Waals surface area contributed by atoms with Gasteiger partial charge in [0.25, 0.3) is 0 Å². The van der Waals surface area contributed by atoms with Crippen molar-refractivity contribution in [3.8, 4) is 11.3 Å². The minimum atomic E-state index is 0.563. The molecule has 1 aromatic carbocycles. The summed E-state index contributed by atoms with van der Waals surface area (Å²) in [6.45, 7) is 4.15. The van der Waals surface area contributed by atoms with E-state index in [1.165, 1.54) is 25.7 Å². The molecule has 3 aromatic rings. The lowest BCUT2D eigenvalue weighted by Gasteiger charge is -2.07. The van der Waals surface area contributed by atoms with Crippen molar-refractivity contribution in [1.29, 1.82) is 0 Å². The topological polar surface area (TPSA) is 63.8 Å². The molecule has 0 aliphatic heterocycles. The van der Waals surface area contributed by atoms with Crippen LogP contribution in [0.3, 0.4) is 0 Å². The molecule has 6 heteroatoms. The first-order valence-electron chi connectivity index (χ1n) is 9.02. The molecule has 5 nitrogen and oxygen atoms in total. The Morgan fingerprint density at radius 1 is 1.08 bits per heavy atom. The molecular formula is C20H24N4OS. The number of rotatable bonds is 9. The van der Waals surface area contributed by atoms with Gasteiger partial charge in [-0.2, -0.15) is 0 Å². The number of unbranched alkanes of at least 4 members (excludes halogenated alkanes) is 3.